The maximum absolute atomic E-state index is 12.3. The van der Waals surface area contributed by atoms with Crippen molar-refractivity contribution in [2.45, 2.75) is 46.1 Å². The van der Waals surface area contributed by atoms with E-state index < -0.39 is 22.8 Å². The summed E-state index contributed by atoms with van der Waals surface area (Å²) in [5.74, 6) is -1.90. The first-order chi connectivity index (χ1) is 14.4. The highest BCUT2D eigenvalue weighted by Gasteiger charge is 2.22. The molecule has 31 heavy (non-hydrogen) atoms. The van der Waals surface area contributed by atoms with E-state index in [9.17, 15) is 19.8 Å². The number of halogens is 1. The molecule has 2 aromatic heterocycles. The Kier molecular flexibility index (Phi) is 8.30. The second-order valence-electron chi connectivity index (χ2n) is 7.54. The molecule has 0 saturated carbocycles. The maximum atomic E-state index is 12.3. The van der Waals surface area contributed by atoms with Crippen LogP contribution >= 0.6 is 12.4 Å². The summed E-state index contributed by atoms with van der Waals surface area (Å²) in [5, 5.41) is 24.1. The molecule has 0 aliphatic rings. The summed E-state index contributed by atoms with van der Waals surface area (Å²) in [6.07, 6.45) is 3.96. The van der Waals surface area contributed by atoms with Gasteiger partial charge < -0.3 is 25.1 Å². The van der Waals surface area contributed by atoms with Crippen LogP contribution in [-0.2, 0) is 20.0 Å². The minimum atomic E-state index is -1.44. The molecule has 2 heterocycles. The van der Waals surface area contributed by atoms with Crippen molar-refractivity contribution in [3.8, 4) is 17.0 Å². The zero-order chi connectivity index (χ0) is 21.8. The average molecular weight is 448 g/mol. The van der Waals surface area contributed by atoms with Crippen molar-refractivity contribution < 1.29 is 15.0 Å². The van der Waals surface area contributed by atoms with E-state index in [1.807, 2.05) is 32.2 Å². The number of fused-ring (bicyclic) bond motifs is 1. The molecule has 0 bridgehead atoms. The highest BCUT2D eigenvalue weighted by molar-refractivity contribution is 5.92. The molecule has 0 spiro atoms. The number of unbranched alkanes of at least 4 members (excludes halogenated alkanes) is 2. The zero-order valence-corrected chi connectivity index (χ0v) is 18.9. The summed E-state index contributed by atoms with van der Waals surface area (Å²) < 4.78 is 2.14. The highest BCUT2D eigenvalue weighted by atomic mass is 35.5. The van der Waals surface area contributed by atoms with Crippen molar-refractivity contribution in [2.75, 3.05) is 6.54 Å². The zero-order valence-electron chi connectivity index (χ0n) is 18.1. The lowest BCUT2D eigenvalue weighted by Crippen LogP contribution is -2.20. The number of pyridine rings is 1. The van der Waals surface area contributed by atoms with Crippen molar-refractivity contribution in [1.29, 1.82) is 0 Å². The molecule has 0 aliphatic heterocycles. The summed E-state index contributed by atoms with van der Waals surface area (Å²) in [7, 11) is 2.03. The van der Waals surface area contributed by atoms with Crippen LogP contribution in [0.2, 0.25) is 0 Å². The van der Waals surface area contributed by atoms with Gasteiger partial charge in [-0.05, 0) is 43.1 Å². The first-order valence-electron chi connectivity index (χ1n) is 10.4. The van der Waals surface area contributed by atoms with Crippen LogP contribution in [0.15, 0.2) is 29.1 Å². The third kappa shape index (κ3) is 4.94. The maximum Gasteiger partial charge on any atom is 0.345 e. The molecule has 0 unspecified atom stereocenters. The van der Waals surface area contributed by atoms with E-state index in [2.05, 4.69) is 27.9 Å². The first kappa shape index (κ1) is 24.5. The SMILES string of the molecule is CCCCCNCc1cc2cc(-c3[nH]c(=O)c(C(=O)O)c(O)c3CC)ccc2n1C.Cl. The Morgan fingerprint density at radius 2 is 1.94 bits per heavy atom. The van der Waals surface area contributed by atoms with Crippen LogP contribution in [-0.4, -0.2) is 32.3 Å². The monoisotopic (exact) mass is 447 g/mol. The van der Waals surface area contributed by atoms with E-state index >= 15 is 0 Å². The summed E-state index contributed by atoms with van der Waals surface area (Å²) in [6, 6.07) is 7.93. The number of aryl methyl sites for hydroxylation is 1. The fraction of sp³-hybridized carbons (Fsp3) is 0.391. The van der Waals surface area contributed by atoms with Crippen LogP contribution in [0.3, 0.4) is 0 Å². The Labute approximate surface area is 187 Å². The number of aromatic amines is 1. The summed E-state index contributed by atoms with van der Waals surface area (Å²) >= 11 is 0. The van der Waals surface area contributed by atoms with Gasteiger partial charge in [0.1, 0.15) is 5.75 Å². The van der Waals surface area contributed by atoms with Crippen LogP contribution in [0, 0.1) is 0 Å². The van der Waals surface area contributed by atoms with E-state index in [1.165, 1.54) is 12.8 Å². The van der Waals surface area contributed by atoms with Crippen molar-refractivity contribution in [1.82, 2.24) is 14.9 Å². The normalized spacial score (nSPS) is 10.9. The molecule has 1 aromatic carbocycles. The van der Waals surface area contributed by atoms with Crippen LogP contribution < -0.4 is 10.9 Å². The Bertz CT molecular complexity index is 1130. The molecule has 0 saturated heterocycles. The van der Waals surface area contributed by atoms with Crippen molar-refractivity contribution in [2.24, 2.45) is 7.05 Å². The summed E-state index contributed by atoms with van der Waals surface area (Å²) in [5.41, 5.74) is 2.40. The predicted octanol–water partition coefficient (Wildman–Crippen LogP) is 4.20. The van der Waals surface area contributed by atoms with Crippen LogP contribution in [0.25, 0.3) is 22.2 Å². The number of aromatic nitrogens is 2. The average Bonchev–Trinajstić information content (AvgIpc) is 3.02. The molecule has 3 rings (SSSR count). The largest absolute Gasteiger partial charge is 0.506 e. The molecule has 0 aliphatic carbocycles. The lowest BCUT2D eigenvalue weighted by atomic mass is 9.99. The number of hydrogen-bond donors (Lipinski definition) is 4. The highest BCUT2D eigenvalue weighted by Crippen LogP contribution is 2.32. The molecular formula is C23H30ClN3O4. The van der Waals surface area contributed by atoms with Crippen LogP contribution in [0.1, 0.15) is 54.7 Å². The van der Waals surface area contributed by atoms with Gasteiger partial charge in [-0.2, -0.15) is 0 Å². The second kappa shape index (κ2) is 10.5. The van der Waals surface area contributed by atoms with Crippen molar-refractivity contribution in [3.63, 3.8) is 0 Å². The second-order valence-corrected chi connectivity index (χ2v) is 7.54. The molecule has 0 fully saturated rings. The van der Waals surface area contributed by atoms with Gasteiger partial charge in [-0.1, -0.05) is 32.8 Å². The first-order valence-corrected chi connectivity index (χ1v) is 10.4. The summed E-state index contributed by atoms with van der Waals surface area (Å²) in [6.45, 7) is 5.76. The smallest absolute Gasteiger partial charge is 0.345 e. The molecule has 8 heteroatoms. The van der Waals surface area contributed by atoms with Gasteiger partial charge in [0.05, 0.1) is 5.69 Å². The van der Waals surface area contributed by atoms with E-state index in [0.717, 1.165) is 41.7 Å². The Morgan fingerprint density at radius 1 is 1.19 bits per heavy atom. The third-order valence-electron chi connectivity index (χ3n) is 5.55. The number of nitrogens with one attached hydrogen (secondary N) is 2. The number of rotatable bonds is 9. The van der Waals surface area contributed by atoms with Crippen LogP contribution in [0.4, 0.5) is 0 Å². The van der Waals surface area contributed by atoms with Gasteiger partial charge in [0, 0.05) is 35.8 Å². The van der Waals surface area contributed by atoms with Gasteiger partial charge in [-0.15, -0.1) is 12.4 Å². The molecule has 168 valence electrons. The standard InChI is InChI=1S/C23H29N3O4.ClH/c1-4-6-7-10-24-13-16-12-15-11-14(8-9-18(15)26(16)3)20-17(5-2)21(27)19(23(29)30)22(28)25-20;/h8-9,11-12,24H,4-7,10,13H2,1-3H3,(H,29,30)(H2,25,27,28);1H. The fourth-order valence-electron chi connectivity index (χ4n) is 3.87. The fourth-order valence-corrected chi connectivity index (χ4v) is 3.87. The molecular weight excluding hydrogens is 418 g/mol. The minimum Gasteiger partial charge on any atom is -0.506 e. The molecule has 0 atom stereocenters. The Morgan fingerprint density at radius 3 is 2.58 bits per heavy atom. The van der Waals surface area contributed by atoms with Crippen LogP contribution in [0.5, 0.6) is 5.75 Å². The number of hydrogen-bond acceptors (Lipinski definition) is 4. The number of nitrogens with zero attached hydrogens (tertiary/aromatic N) is 1. The molecule has 4 N–H and O–H groups in total. The van der Waals surface area contributed by atoms with Gasteiger partial charge in [0.15, 0.2) is 5.56 Å². The number of H-pyrrole nitrogens is 1. The third-order valence-corrected chi connectivity index (χ3v) is 5.55. The Hall–Kier alpha value is -2.77. The summed E-state index contributed by atoms with van der Waals surface area (Å²) in [4.78, 5) is 26.2. The van der Waals surface area contributed by atoms with Gasteiger partial charge >= 0.3 is 5.97 Å². The number of aromatic carboxylic acids is 1. The number of carboxylic acid groups (broad SMARTS) is 1. The lowest BCUT2D eigenvalue weighted by molar-refractivity contribution is 0.0691. The van der Waals surface area contributed by atoms with Crippen molar-refractivity contribution >= 4 is 29.3 Å². The minimum absolute atomic E-state index is 0. The molecule has 3 aromatic rings. The van der Waals surface area contributed by atoms with Crippen molar-refractivity contribution in [3.05, 3.63) is 51.4 Å². The molecule has 0 amide bonds. The van der Waals surface area contributed by atoms with E-state index in [-0.39, 0.29) is 12.4 Å². The lowest BCUT2D eigenvalue weighted by Gasteiger charge is -2.12. The van der Waals surface area contributed by atoms with Gasteiger partial charge in [0.2, 0.25) is 0 Å². The number of carbonyl (C=O) groups is 1. The predicted molar refractivity (Wildman–Crippen MR) is 125 cm³/mol. The van der Waals surface area contributed by atoms with Gasteiger partial charge in [-0.25, -0.2) is 4.79 Å². The number of carboxylic acids is 1. The molecule has 0 radical (unpaired) electrons. The van der Waals surface area contributed by atoms with E-state index in [4.69, 9.17) is 0 Å². The number of aromatic hydroxyl groups is 1. The quantitative estimate of drug-likeness (QED) is 0.368. The Balaban J connectivity index is 0.00000341. The topological polar surface area (TPSA) is 107 Å². The van der Waals surface area contributed by atoms with E-state index in [0.29, 0.717) is 17.7 Å². The van der Waals surface area contributed by atoms with Gasteiger partial charge in [0.25, 0.3) is 5.56 Å². The number of benzene rings is 1. The van der Waals surface area contributed by atoms with Gasteiger partial charge in [-0.3, -0.25) is 4.79 Å². The molecule has 7 nitrogen and oxygen atoms in total. The van der Waals surface area contributed by atoms with E-state index in [1.54, 1.807) is 0 Å².